The first-order valence-electron chi connectivity index (χ1n) is 7.64. The molecule has 0 aliphatic carbocycles. The van der Waals surface area contributed by atoms with Gasteiger partial charge in [-0.15, -0.1) is 0 Å². The zero-order valence-electron chi connectivity index (χ0n) is 12.6. The molecule has 1 fully saturated rings. The molecule has 1 aliphatic heterocycles. The van der Waals surface area contributed by atoms with E-state index in [1.807, 2.05) is 17.9 Å². The first kappa shape index (κ1) is 14.5. The van der Waals surface area contributed by atoms with Crippen molar-refractivity contribution >= 4 is 0 Å². The van der Waals surface area contributed by atoms with Crippen molar-refractivity contribution in [2.75, 3.05) is 26.2 Å². The van der Waals surface area contributed by atoms with Crippen molar-refractivity contribution in [3.8, 4) is 0 Å². The summed E-state index contributed by atoms with van der Waals surface area (Å²) in [5, 5.41) is 7.76. The number of aromatic nitrogens is 2. The lowest BCUT2D eigenvalue weighted by atomic mass is 9.96. The Morgan fingerprint density at radius 3 is 2.79 bits per heavy atom. The van der Waals surface area contributed by atoms with Crippen LogP contribution in [0.4, 0.5) is 0 Å². The lowest BCUT2D eigenvalue weighted by Crippen LogP contribution is -2.37. The van der Waals surface area contributed by atoms with Gasteiger partial charge in [-0.05, 0) is 51.7 Å². The van der Waals surface area contributed by atoms with Crippen molar-refractivity contribution in [3.05, 3.63) is 18.0 Å². The summed E-state index contributed by atoms with van der Waals surface area (Å²) in [5.74, 6) is 0.854. The van der Waals surface area contributed by atoms with E-state index in [1.54, 1.807) is 0 Å². The van der Waals surface area contributed by atoms with E-state index in [-0.39, 0.29) is 0 Å². The summed E-state index contributed by atoms with van der Waals surface area (Å²) in [4.78, 5) is 2.63. The molecule has 1 saturated heterocycles. The Morgan fingerprint density at radius 1 is 1.47 bits per heavy atom. The van der Waals surface area contributed by atoms with Gasteiger partial charge in [0.15, 0.2) is 0 Å². The molecule has 0 spiro atoms. The number of nitrogens with one attached hydrogen (secondary N) is 1. The van der Waals surface area contributed by atoms with Crippen LogP contribution in [0.2, 0.25) is 0 Å². The van der Waals surface area contributed by atoms with Gasteiger partial charge in [-0.1, -0.05) is 6.92 Å². The molecule has 1 N–H and O–H groups in total. The Bertz CT molecular complexity index is 368. The molecule has 0 bridgehead atoms. The topological polar surface area (TPSA) is 33.1 Å². The average molecular weight is 264 g/mol. The Hall–Kier alpha value is -0.870. The fourth-order valence-electron chi connectivity index (χ4n) is 2.99. The molecule has 1 aromatic heterocycles. The first-order chi connectivity index (χ1) is 9.20. The van der Waals surface area contributed by atoms with Gasteiger partial charge in [-0.2, -0.15) is 5.10 Å². The Labute approximate surface area is 117 Å². The van der Waals surface area contributed by atoms with E-state index in [9.17, 15) is 0 Å². The van der Waals surface area contributed by atoms with Gasteiger partial charge in [0.05, 0.1) is 6.20 Å². The van der Waals surface area contributed by atoms with Crippen LogP contribution in [-0.4, -0.2) is 40.9 Å². The second-order valence-electron chi connectivity index (χ2n) is 5.81. The minimum atomic E-state index is 0.475. The second-order valence-corrected chi connectivity index (χ2v) is 5.81. The predicted octanol–water partition coefficient (Wildman–Crippen LogP) is 2.19. The lowest BCUT2D eigenvalue weighted by molar-refractivity contribution is 0.161. The van der Waals surface area contributed by atoms with Crippen LogP contribution in [-0.2, 0) is 7.05 Å². The van der Waals surface area contributed by atoms with E-state index in [4.69, 9.17) is 0 Å². The molecule has 0 aromatic carbocycles. The van der Waals surface area contributed by atoms with Crippen LogP contribution in [0.1, 0.15) is 44.7 Å². The molecule has 1 unspecified atom stereocenters. The number of rotatable bonds is 6. The maximum atomic E-state index is 4.31. The summed E-state index contributed by atoms with van der Waals surface area (Å²) < 4.78 is 1.90. The SMILES string of the molecule is CCCN(CC1CCNCC1)C(C)c1cnn(C)c1. The van der Waals surface area contributed by atoms with Crippen molar-refractivity contribution < 1.29 is 0 Å². The van der Waals surface area contributed by atoms with Crippen LogP contribution < -0.4 is 5.32 Å². The summed E-state index contributed by atoms with van der Waals surface area (Å²) in [6.45, 7) is 9.36. The fraction of sp³-hybridized carbons (Fsp3) is 0.800. The monoisotopic (exact) mass is 264 g/mol. The van der Waals surface area contributed by atoms with Gasteiger partial charge in [-0.25, -0.2) is 0 Å². The van der Waals surface area contributed by atoms with E-state index in [0.717, 1.165) is 5.92 Å². The molecule has 2 rings (SSSR count). The van der Waals surface area contributed by atoms with Crippen LogP contribution in [0.5, 0.6) is 0 Å². The molecule has 1 aliphatic rings. The number of hydrogen-bond acceptors (Lipinski definition) is 3. The highest BCUT2D eigenvalue weighted by Gasteiger charge is 2.21. The lowest BCUT2D eigenvalue weighted by Gasteiger charge is -2.33. The standard InChI is InChI=1S/C15H28N4/c1-4-9-19(11-14-5-7-16-8-6-14)13(2)15-10-17-18(3)12-15/h10,12-14,16H,4-9,11H2,1-3H3. The maximum Gasteiger partial charge on any atom is 0.0537 e. The largest absolute Gasteiger partial charge is 0.317 e. The zero-order valence-corrected chi connectivity index (χ0v) is 12.6. The summed E-state index contributed by atoms with van der Waals surface area (Å²) in [7, 11) is 1.99. The maximum absolute atomic E-state index is 4.31. The van der Waals surface area contributed by atoms with E-state index >= 15 is 0 Å². The molecular weight excluding hydrogens is 236 g/mol. The Kier molecular flexibility index (Phi) is 5.40. The molecule has 0 radical (unpaired) electrons. The number of aryl methyl sites for hydroxylation is 1. The predicted molar refractivity (Wildman–Crippen MR) is 79.1 cm³/mol. The Balaban J connectivity index is 1.97. The summed E-state index contributed by atoms with van der Waals surface area (Å²) >= 11 is 0. The summed E-state index contributed by atoms with van der Waals surface area (Å²) in [6.07, 6.45) is 8.01. The van der Waals surface area contributed by atoms with Gasteiger partial charge in [0.2, 0.25) is 0 Å². The van der Waals surface area contributed by atoms with Crippen molar-refractivity contribution in [1.29, 1.82) is 0 Å². The normalized spacial score (nSPS) is 18.9. The van der Waals surface area contributed by atoms with Crippen LogP contribution >= 0.6 is 0 Å². The third-order valence-corrected chi connectivity index (χ3v) is 4.22. The second kappa shape index (κ2) is 7.06. The summed E-state index contributed by atoms with van der Waals surface area (Å²) in [5.41, 5.74) is 1.34. The van der Waals surface area contributed by atoms with Gasteiger partial charge in [0.25, 0.3) is 0 Å². The zero-order chi connectivity index (χ0) is 13.7. The molecule has 0 amide bonds. The van der Waals surface area contributed by atoms with Gasteiger partial charge in [-0.3, -0.25) is 9.58 Å². The molecule has 4 nitrogen and oxygen atoms in total. The van der Waals surface area contributed by atoms with Crippen molar-refractivity contribution in [1.82, 2.24) is 20.0 Å². The molecule has 4 heteroatoms. The summed E-state index contributed by atoms with van der Waals surface area (Å²) in [6, 6.07) is 0.475. The smallest absolute Gasteiger partial charge is 0.0537 e. The third kappa shape index (κ3) is 4.05. The van der Waals surface area contributed by atoms with Crippen molar-refractivity contribution in [3.63, 3.8) is 0 Å². The molecule has 108 valence electrons. The van der Waals surface area contributed by atoms with E-state index in [1.165, 1.54) is 51.0 Å². The molecule has 1 aromatic rings. The van der Waals surface area contributed by atoms with Gasteiger partial charge in [0.1, 0.15) is 0 Å². The van der Waals surface area contributed by atoms with Crippen LogP contribution in [0.25, 0.3) is 0 Å². The number of nitrogens with zero attached hydrogens (tertiary/aromatic N) is 3. The van der Waals surface area contributed by atoms with E-state index in [0.29, 0.717) is 6.04 Å². The van der Waals surface area contributed by atoms with Crippen LogP contribution in [0, 0.1) is 5.92 Å². The minimum absolute atomic E-state index is 0.475. The number of piperidine rings is 1. The highest BCUT2D eigenvalue weighted by atomic mass is 15.2. The van der Waals surface area contributed by atoms with Crippen LogP contribution in [0.3, 0.4) is 0 Å². The fourth-order valence-corrected chi connectivity index (χ4v) is 2.99. The average Bonchev–Trinajstić information content (AvgIpc) is 2.85. The van der Waals surface area contributed by atoms with Crippen molar-refractivity contribution in [2.24, 2.45) is 13.0 Å². The van der Waals surface area contributed by atoms with Gasteiger partial charge >= 0.3 is 0 Å². The van der Waals surface area contributed by atoms with Gasteiger partial charge in [0, 0.05) is 31.4 Å². The Morgan fingerprint density at radius 2 is 2.21 bits per heavy atom. The van der Waals surface area contributed by atoms with Crippen LogP contribution in [0.15, 0.2) is 12.4 Å². The molecular formula is C15H28N4. The molecule has 2 heterocycles. The quantitative estimate of drug-likeness (QED) is 0.855. The number of hydrogen-bond donors (Lipinski definition) is 1. The van der Waals surface area contributed by atoms with Crippen molar-refractivity contribution in [2.45, 2.75) is 39.2 Å². The van der Waals surface area contributed by atoms with E-state index < -0.39 is 0 Å². The first-order valence-corrected chi connectivity index (χ1v) is 7.64. The molecule has 0 saturated carbocycles. The third-order valence-electron chi connectivity index (χ3n) is 4.22. The van der Waals surface area contributed by atoms with Gasteiger partial charge < -0.3 is 5.32 Å². The van der Waals surface area contributed by atoms with E-state index in [2.05, 4.69) is 35.4 Å². The molecule has 1 atom stereocenters. The molecule has 19 heavy (non-hydrogen) atoms. The highest BCUT2D eigenvalue weighted by molar-refractivity contribution is 5.09. The minimum Gasteiger partial charge on any atom is -0.317 e. The highest BCUT2D eigenvalue weighted by Crippen LogP contribution is 2.23.